The fraction of sp³-hybridized carbons (Fsp3) is 0.462. The van der Waals surface area contributed by atoms with E-state index in [0.717, 1.165) is 61.1 Å². The fourth-order valence-corrected chi connectivity index (χ4v) is 7.01. The van der Waals surface area contributed by atoms with Gasteiger partial charge in [-0.05, 0) is 25.3 Å². The standard InChI is InChI=1S/C26H32F3N4O2P/c1-17-31-21-15-22(35-4)23(36-12-9-33(10-13-36)8-11-34-3)14-19(21)25(32-17)30-16-18-6-5-7-20(24(18)27)26(2,28)29/h5-7,14-15H,8-13,16H2,1-4H3,(H,30,31,32). The van der Waals surface area contributed by atoms with E-state index in [2.05, 4.69) is 26.3 Å². The summed E-state index contributed by atoms with van der Waals surface area (Å²) in [6.07, 6.45) is 2.11. The lowest BCUT2D eigenvalue weighted by atomic mass is 10.0. The Morgan fingerprint density at radius 3 is 2.56 bits per heavy atom. The van der Waals surface area contributed by atoms with Gasteiger partial charge in [0, 0.05) is 62.5 Å². The molecular weight excluding hydrogens is 488 g/mol. The normalized spacial score (nSPS) is 15.4. The summed E-state index contributed by atoms with van der Waals surface area (Å²) in [4.78, 5) is 11.5. The molecule has 36 heavy (non-hydrogen) atoms. The highest BCUT2D eigenvalue weighted by atomic mass is 31.1. The number of nitrogens with zero attached hydrogens (tertiary/aromatic N) is 3. The third kappa shape index (κ3) is 5.90. The van der Waals surface area contributed by atoms with E-state index in [0.29, 0.717) is 24.1 Å². The van der Waals surface area contributed by atoms with E-state index < -0.39 is 25.2 Å². The molecule has 1 aliphatic heterocycles. The van der Waals surface area contributed by atoms with Crippen molar-refractivity contribution in [2.24, 2.45) is 0 Å². The Balaban J connectivity index is 1.63. The molecule has 4 rings (SSSR count). The molecule has 0 bridgehead atoms. The number of aryl methyl sites for hydroxylation is 1. The number of aromatic nitrogens is 2. The van der Waals surface area contributed by atoms with Crippen molar-refractivity contribution in [2.75, 3.05) is 58.1 Å². The van der Waals surface area contributed by atoms with E-state index in [1.807, 2.05) is 6.07 Å². The molecule has 0 atom stereocenters. The van der Waals surface area contributed by atoms with Gasteiger partial charge < -0.3 is 19.7 Å². The van der Waals surface area contributed by atoms with Gasteiger partial charge in [-0.15, -0.1) is 0 Å². The molecule has 10 heteroatoms. The Morgan fingerprint density at radius 1 is 1.14 bits per heavy atom. The zero-order valence-corrected chi connectivity index (χ0v) is 22.0. The maximum Gasteiger partial charge on any atom is 0.273 e. The van der Waals surface area contributed by atoms with Gasteiger partial charge in [0.2, 0.25) is 0 Å². The van der Waals surface area contributed by atoms with E-state index in [9.17, 15) is 13.2 Å². The number of rotatable bonds is 9. The lowest BCUT2D eigenvalue weighted by Gasteiger charge is -2.33. The number of anilines is 1. The summed E-state index contributed by atoms with van der Waals surface area (Å²) in [7, 11) is 2.95. The third-order valence-electron chi connectivity index (χ3n) is 6.43. The molecule has 1 aliphatic rings. The number of fused-ring (bicyclic) bond motifs is 1. The Hall–Kier alpha value is -2.48. The highest BCUT2D eigenvalue weighted by Gasteiger charge is 2.29. The van der Waals surface area contributed by atoms with E-state index in [1.165, 1.54) is 12.1 Å². The van der Waals surface area contributed by atoms with Crippen LogP contribution in [0, 0.1) is 12.7 Å². The van der Waals surface area contributed by atoms with Gasteiger partial charge in [0.1, 0.15) is 23.2 Å². The minimum absolute atomic E-state index is 0.0197. The molecule has 194 valence electrons. The average Bonchev–Trinajstić information content (AvgIpc) is 2.85. The molecule has 0 aliphatic carbocycles. The average molecular weight is 521 g/mol. The van der Waals surface area contributed by atoms with Crippen molar-refractivity contribution < 1.29 is 22.6 Å². The second kappa shape index (κ2) is 11.3. The molecule has 1 saturated heterocycles. The predicted octanol–water partition coefficient (Wildman–Crippen LogP) is 4.88. The first kappa shape index (κ1) is 26.6. The van der Waals surface area contributed by atoms with Crippen molar-refractivity contribution in [1.29, 1.82) is 0 Å². The van der Waals surface area contributed by atoms with Crippen molar-refractivity contribution in [3.63, 3.8) is 0 Å². The summed E-state index contributed by atoms with van der Waals surface area (Å²) in [5.74, 6) is -2.26. The summed E-state index contributed by atoms with van der Waals surface area (Å²) in [6, 6.07) is 8.08. The topological polar surface area (TPSA) is 59.5 Å². The Labute approximate surface area is 211 Å². The van der Waals surface area contributed by atoms with E-state index in [1.54, 1.807) is 21.1 Å². The SMILES string of the molecule is COCCN1CCP(c2cc3c(NCc4cccc(C(C)(F)F)c4F)nc(C)nc3cc2OC)CC1. The first-order valence-electron chi connectivity index (χ1n) is 11.9. The Morgan fingerprint density at radius 2 is 1.89 bits per heavy atom. The number of nitrogens with one attached hydrogen (secondary N) is 1. The zero-order valence-electron chi connectivity index (χ0n) is 21.1. The van der Waals surface area contributed by atoms with Crippen molar-refractivity contribution >= 4 is 29.9 Å². The lowest BCUT2D eigenvalue weighted by molar-refractivity contribution is 0.0136. The van der Waals surface area contributed by atoms with Gasteiger partial charge in [-0.2, -0.15) is 0 Å². The van der Waals surface area contributed by atoms with Crippen LogP contribution in [0.2, 0.25) is 0 Å². The fourth-order valence-electron chi connectivity index (χ4n) is 4.47. The van der Waals surface area contributed by atoms with Gasteiger partial charge in [-0.3, -0.25) is 0 Å². The molecule has 1 N–H and O–H groups in total. The molecule has 2 heterocycles. The molecule has 6 nitrogen and oxygen atoms in total. The maximum atomic E-state index is 14.8. The highest BCUT2D eigenvalue weighted by Crippen LogP contribution is 2.42. The van der Waals surface area contributed by atoms with E-state index >= 15 is 0 Å². The van der Waals surface area contributed by atoms with Crippen LogP contribution in [0.4, 0.5) is 19.0 Å². The van der Waals surface area contributed by atoms with Crippen LogP contribution in [0.1, 0.15) is 23.9 Å². The summed E-state index contributed by atoms with van der Waals surface area (Å²) in [5.41, 5.74) is 0.255. The highest BCUT2D eigenvalue weighted by molar-refractivity contribution is 7.66. The molecule has 1 aromatic heterocycles. The molecule has 3 aromatic rings. The van der Waals surface area contributed by atoms with Crippen LogP contribution >= 0.6 is 7.92 Å². The van der Waals surface area contributed by atoms with Gasteiger partial charge in [0.15, 0.2) is 0 Å². The van der Waals surface area contributed by atoms with Gasteiger partial charge in [-0.1, -0.05) is 26.1 Å². The van der Waals surface area contributed by atoms with E-state index in [-0.39, 0.29) is 12.1 Å². The molecule has 0 radical (unpaired) electrons. The second-order valence-corrected chi connectivity index (χ2v) is 11.5. The van der Waals surface area contributed by atoms with E-state index in [4.69, 9.17) is 9.47 Å². The van der Waals surface area contributed by atoms with Crippen molar-refractivity contribution in [1.82, 2.24) is 14.9 Å². The summed E-state index contributed by atoms with van der Waals surface area (Å²) in [6.45, 7) is 6.16. The smallest absolute Gasteiger partial charge is 0.273 e. The van der Waals surface area contributed by atoms with Crippen LogP contribution in [0.15, 0.2) is 30.3 Å². The number of benzene rings is 2. The predicted molar refractivity (Wildman–Crippen MR) is 139 cm³/mol. The molecule has 2 aromatic carbocycles. The second-order valence-electron chi connectivity index (χ2n) is 9.00. The van der Waals surface area contributed by atoms with Crippen LogP contribution in [0.3, 0.4) is 0 Å². The largest absolute Gasteiger partial charge is 0.496 e. The minimum Gasteiger partial charge on any atom is -0.496 e. The number of hydrogen-bond donors (Lipinski definition) is 1. The van der Waals surface area contributed by atoms with Crippen molar-refractivity contribution in [3.05, 3.63) is 53.1 Å². The Bertz CT molecular complexity index is 1210. The lowest BCUT2D eigenvalue weighted by Crippen LogP contribution is -2.37. The van der Waals surface area contributed by atoms with Crippen molar-refractivity contribution in [2.45, 2.75) is 26.3 Å². The van der Waals surface area contributed by atoms with Gasteiger partial charge in [0.05, 0.1) is 24.8 Å². The number of hydrogen-bond acceptors (Lipinski definition) is 6. The number of alkyl halides is 2. The van der Waals surface area contributed by atoms with Crippen molar-refractivity contribution in [3.8, 4) is 5.75 Å². The quantitative estimate of drug-likeness (QED) is 0.406. The molecule has 0 unspecified atom stereocenters. The van der Waals surface area contributed by atoms with Crippen LogP contribution in [0.25, 0.3) is 10.9 Å². The minimum atomic E-state index is -3.26. The van der Waals surface area contributed by atoms with Crippen LogP contribution in [-0.2, 0) is 17.2 Å². The van der Waals surface area contributed by atoms with Crippen LogP contribution in [-0.4, -0.2) is 67.7 Å². The molecular formula is C26H32F3N4O2P. The summed E-state index contributed by atoms with van der Waals surface area (Å²) < 4.78 is 53.4. The van der Waals surface area contributed by atoms with Gasteiger partial charge in [-0.25, -0.2) is 23.1 Å². The van der Waals surface area contributed by atoms with Gasteiger partial charge >= 0.3 is 0 Å². The monoisotopic (exact) mass is 520 g/mol. The molecule has 0 amide bonds. The molecule has 1 fully saturated rings. The first-order chi connectivity index (χ1) is 17.2. The van der Waals surface area contributed by atoms with Crippen LogP contribution in [0.5, 0.6) is 5.75 Å². The summed E-state index contributed by atoms with van der Waals surface area (Å²) in [5, 5.41) is 5.13. The zero-order chi connectivity index (χ0) is 25.9. The van der Waals surface area contributed by atoms with Gasteiger partial charge in [0.25, 0.3) is 5.92 Å². The molecule has 0 saturated carbocycles. The number of halogens is 3. The number of methoxy groups -OCH3 is 2. The molecule has 0 spiro atoms. The maximum absolute atomic E-state index is 14.8. The third-order valence-corrected chi connectivity index (χ3v) is 8.94. The Kier molecular flexibility index (Phi) is 8.33. The summed E-state index contributed by atoms with van der Waals surface area (Å²) >= 11 is 0. The first-order valence-corrected chi connectivity index (χ1v) is 13.6. The number of ether oxygens (including phenoxy) is 2. The van der Waals surface area contributed by atoms with Crippen LogP contribution < -0.4 is 15.4 Å².